The van der Waals surface area contributed by atoms with Gasteiger partial charge in [0.1, 0.15) is 11.3 Å². The number of hydrogen-bond donors (Lipinski definition) is 0. The number of amides is 1. The number of carbonyl (C=O) groups is 1. The number of aryl methyl sites for hydroxylation is 3. The molecule has 4 aromatic rings. The molecule has 0 spiro atoms. The van der Waals surface area contributed by atoms with Gasteiger partial charge in [-0.25, -0.2) is 8.42 Å². The third-order valence-electron chi connectivity index (χ3n) is 6.48. The molecular weight excluding hydrogens is 494 g/mol. The lowest BCUT2D eigenvalue weighted by atomic mass is 10.0. The van der Waals surface area contributed by atoms with Crippen LogP contribution in [0.15, 0.2) is 70.6 Å². The highest BCUT2D eigenvalue weighted by atomic mass is 32.2. The van der Waals surface area contributed by atoms with Crippen LogP contribution in [0.4, 0.5) is 5.69 Å². The van der Waals surface area contributed by atoms with E-state index in [1.165, 1.54) is 39.9 Å². The molecule has 9 heteroatoms. The van der Waals surface area contributed by atoms with Crippen LogP contribution >= 0.6 is 11.3 Å². The molecule has 0 saturated heterocycles. The first-order valence-electron chi connectivity index (χ1n) is 11.8. The summed E-state index contributed by atoms with van der Waals surface area (Å²) < 4.78 is 36.8. The van der Waals surface area contributed by atoms with Crippen LogP contribution in [0.2, 0.25) is 0 Å². The van der Waals surface area contributed by atoms with E-state index in [1.807, 2.05) is 54.8 Å². The molecule has 0 N–H and O–H groups in total. The smallest absolute Gasteiger partial charge is 0.279 e. The Hall–Kier alpha value is -3.43. The van der Waals surface area contributed by atoms with Crippen molar-refractivity contribution in [3.05, 3.63) is 82.2 Å². The highest BCUT2D eigenvalue weighted by Gasteiger charge is 2.29. The Morgan fingerprint density at radius 3 is 2.56 bits per heavy atom. The van der Waals surface area contributed by atoms with Crippen LogP contribution in [0.1, 0.15) is 34.8 Å². The zero-order valence-corrected chi connectivity index (χ0v) is 22.0. The topological polar surface area (TPSA) is 81.0 Å². The van der Waals surface area contributed by atoms with Crippen LogP contribution < -0.4 is 13.8 Å². The van der Waals surface area contributed by atoms with Crippen LogP contribution in [-0.4, -0.2) is 32.5 Å². The molecule has 1 aliphatic rings. The van der Waals surface area contributed by atoms with Gasteiger partial charge in [-0.2, -0.15) is 4.99 Å². The van der Waals surface area contributed by atoms with Gasteiger partial charge in [0.15, 0.2) is 4.80 Å². The van der Waals surface area contributed by atoms with Crippen molar-refractivity contribution in [1.29, 1.82) is 0 Å². The van der Waals surface area contributed by atoms with E-state index in [0.717, 1.165) is 45.6 Å². The Kier molecular flexibility index (Phi) is 6.44. The summed E-state index contributed by atoms with van der Waals surface area (Å²) >= 11 is 1.44. The third kappa shape index (κ3) is 4.12. The molecule has 5 rings (SSSR count). The first kappa shape index (κ1) is 24.3. The fourth-order valence-corrected chi connectivity index (χ4v) is 7.34. The average molecular weight is 522 g/mol. The number of para-hydroxylation sites is 1. The highest BCUT2D eigenvalue weighted by Crippen LogP contribution is 2.32. The maximum atomic E-state index is 13.4. The summed E-state index contributed by atoms with van der Waals surface area (Å²) in [5.74, 6) is 0.309. The Morgan fingerprint density at radius 2 is 1.83 bits per heavy atom. The van der Waals surface area contributed by atoms with Crippen LogP contribution in [0.5, 0.6) is 5.75 Å². The van der Waals surface area contributed by atoms with E-state index in [0.29, 0.717) is 23.5 Å². The normalized spacial score (nSPS) is 14.2. The maximum Gasteiger partial charge on any atom is 0.279 e. The first-order chi connectivity index (χ1) is 17.3. The summed E-state index contributed by atoms with van der Waals surface area (Å²) in [6.45, 7) is 5.07. The van der Waals surface area contributed by atoms with Gasteiger partial charge in [0, 0.05) is 18.7 Å². The Labute approximate surface area is 214 Å². The average Bonchev–Trinajstić information content (AvgIpc) is 3.27. The molecule has 0 bridgehead atoms. The minimum absolute atomic E-state index is 0.154. The predicted molar refractivity (Wildman–Crippen MR) is 142 cm³/mol. The van der Waals surface area contributed by atoms with E-state index in [1.54, 1.807) is 7.11 Å². The van der Waals surface area contributed by atoms with E-state index in [9.17, 15) is 13.2 Å². The van der Waals surface area contributed by atoms with Crippen LogP contribution in [0, 0.1) is 6.92 Å². The standard InChI is InChI=1S/C27H27N3O4S2/c1-4-29-24-23(34-3)16-11-18(2)25(24)35-27(29)28-26(31)20-12-14-21(15-13-20)36(32,33)30-17-7-9-19-8-5-6-10-22(19)30/h5-6,8,10-16H,4,7,9,17H2,1-3H3. The summed E-state index contributed by atoms with van der Waals surface area (Å²) in [6.07, 6.45) is 1.63. The molecule has 7 nitrogen and oxygen atoms in total. The number of thiazole rings is 1. The largest absolute Gasteiger partial charge is 0.495 e. The second kappa shape index (κ2) is 9.55. The summed E-state index contributed by atoms with van der Waals surface area (Å²) in [4.78, 5) is 18.2. The molecule has 0 fully saturated rings. The lowest BCUT2D eigenvalue weighted by Gasteiger charge is -2.30. The molecule has 186 valence electrons. The molecule has 3 aromatic carbocycles. The number of methoxy groups -OCH3 is 1. The number of fused-ring (bicyclic) bond motifs is 2. The quantitative estimate of drug-likeness (QED) is 0.373. The lowest BCUT2D eigenvalue weighted by molar-refractivity contribution is 0.0997. The van der Waals surface area contributed by atoms with Gasteiger partial charge in [-0.15, -0.1) is 0 Å². The predicted octanol–water partition coefficient (Wildman–Crippen LogP) is 4.92. The number of carbonyl (C=O) groups excluding carboxylic acids is 1. The molecule has 0 aliphatic carbocycles. The molecule has 1 aliphatic heterocycles. The van der Waals surface area contributed by atoms with Gasteiger partial charge in [-0.05, 0) is 74.2 Å². The molecule has 0 unspecified atom stereocenters. The van der Waals surface area contributed by atoms with E-state index >= 15 is 0 Å². The zero-order valence-electron chi connectivity index (χ0n) is 20.4. The van der Waals surface area contributed by atoms with Crippen molar-refractivity contribution < 1.29 is 17.9 Å². The first-order valence-corrected chi connectivity index (χ1v) is 14.1. The van der Waals surface area contributed by atoms with Crippen molar-refractivity contribution in [2.45, 2.75) is 38.1 Å². The zero-order chi connectivity index (χ0) is 25.4. The molecule has 0 radical (unpaired) electrons. The van der Waals surface area contributed by atoms with Crippen molar-refractivity contribution in [2.24, 2.45) is 4.99 Å². The van der Waals surface area contributed by atoms with Crippen LogP contribution in [0.3, 0.4) is 0 Å². The van der Waals surface area contributed by atoms with Gasteiger partial charge in [0.2, 0.25) is 0 Å². The summed E-state index contributed by atoms with van der Waals surface area (Å²) in [6, 6.07) is 17.5. The van der Waals surface area contributed by atoms with Gasteiger partial charge in [-0.1, -0.05) is 35.6 Å². The SMILES string of the molecule is CCn1c(=NC(=O)c2ccc(S(=O)(=O)N3CCCc4ccccc43)cc2)sc2c(C)ccc(OC)c21. The maximum absolute atomic E-state index is 13.4. The molecule has 36 heavy (non-hydrogen) atoms. The van der Waals surface area contributed by atoms with Gasteiger partial charge in [0.05, 0.1) is 22.4 Å². The molecular formula is C27H27N3O4S2. The Morgan fingerprint density at radius 1 is 1.08 bits per heavy atom. The monoisotopic (exact) mass is 521 g/mol. The van der Waals surface area contributed by atoms with Gasteiger partial charge in [-0.3, -0.25) is 9.10 Å². The molecule has 1 aromatic heterocycles. The molecule has 0 saturated carbocycles. The van der Waals surface area contributed by atoms with Crippen LogP contribution in [-0.2, 0) is 23.0 Å². The number of sulfonamides is 1. The van der Waals surface area contributed by atoms with Crippen molar-refractivity contribution in [2.75, 3.05) is 18.0 Å². The van der Waals surface area contributed by atoms with E-state index in [2.05, 4.69) is 4.99 Å². The second-order valence-electron chi connectivity index (χ2n) is 8.64. The summed E-state index contributed by atoms with van der Waals surface area (Å²) in [5.41, 5.74) is 4.08. The Balaban J connectivity index is 1.49. The van der Waals surface area contributed by atoms with Gasteiger partial charge >= 0.3 is 0 Å². The second-order valence-corrected chi connectivity index (χ2v) is 11.5. The van der Waals surface area contributed by atoms with Gasteiger partial charge in [0.25, 0.3) is 15.9 Å². The number of aromatic nitrogens is 1. The number of nitrogens with zero attached hydrogens (tertiary/aromatic N) is 3. The van der Waals surface area contributed by atoms with Crippen molar-refractivity contribution >= 4 is 43.2 Å². The number of ether oxygens (including phenoxy) is 1. The summed E-state index contributed by atoms with van der Waals surface area (Å²) in [5, 5.41) is 0. The van der Waals surface area contributed by atoms with Gasteiger partial charge < -0.3 is 9.30 Å². The van der Waals surface area contributed by atoms with E-state index in [-0.39, 0.29) is 4.90 Å². The minimum atomic E-state index is -3.74. The van der Waals surface area contributed by atoms with Crippen molar-refractivity contribution in [1.82, 2.24) is 4.57 Å². The van der Waals surface area contributed by atoms with E-state index < -0.39 is 15.9 Å². The van der Waals surface area contributed by atoms with Crippen LogP contribution in [0.25, 0.3) is 10.2 Å². The van der Waals surface area contributed by atoms with Crippen molar-refractivity contribution in [3.8, 4) is 5.75 Å². The van der Waals surface area contributed by atoms with Crippen molar-refractivity contribution in [3.63, 3.8) is 0 Å². The highest BCUT2D eigenvalue weighted by molar-refractivity contribution is 7.92. The number of hydrogen-bond acceptors (Lipinski definition) is 5. The lowest BCUT2D eigenvalue weighted by Crippen LogP contribution is -2.35. The van der Waals surface area contributed by atoms with E-state index in [4.69, 9.17) is 4.74 Å². The third-order valence-corrected chi connectivity index (χ3v) is 9.52. The minimum Gasteiger partial charge on any atom is -0.495 e. The molecule has 2 heterocycles. The molecule has 1 amide bonds. The number of benzene rings is 3. The fraction of sp³-hybridized carbons (Fsp3) is 0.259. The Bertz CT molecular complexity index is 1630. The number of rotatable bonds is 5. The molecule has 0 atom stereocenters. The summed E-state index contributed by atoms with van der Waals surface area (Å²) in [7, 11) is -2.11. The number of anilines is 1. The fourth-order valence-electron chi connectivity index (χ4n) is 4.62.